The van der Waals surface area contributed by atoms with Crippen LogP contribution in [0.2, 0.25) is 0 Å². The quantitative estimate of drug-likeness (QED) is 0.646. The molecule has 0 bridgehead atoms. The molecule has 1 unspecified atom stereocenters. The lowest BCUT2D eigenvalue weighted by molar-refractivity contribution is 0.0561. The molecule has 0 amide bonds. The second-order valence-electron chi connectivity index (χ2n) is 9.02. The Labute approximate surface area is 177 Å². The van der Waals surface area contributed by atoms with Gasteiger partial charge in [0.1, 0.15) is 18.5 Å². The van der Waals surface area contributed by atoms with Crippen LogP contribution in [0.3, 0.4) is 0 Å². The second-order valence-corrected chi connectivity index (χ2v) is 9.02. The highest BCUT2D eigenvalue weighted by Crippen LogP contribution is 2.23. The van der Waals surface area contributed by atoms with Crippen molar-refractivity contribution in [3.63, 3.8) is 0 Å². The highest BCUT2D eigenvalue weighted by molar-refractivity contribution is 5.28. The Morgan fingerprint density at radius 1 is 1.14 bits per heavy atom. The van der Waals surface area contributed by atoms with Gasteiger partial charge in [-0.05, 0) is 69.4 Å². The fraction of sp³-hybridized carbons (Fsp3) is 0.750. The van der Waals surface area contributed by atoms with Crippen LogP contribution in [0.5, 0.6) is 5.75 Å². The number of ether oxygens (including phenoxy) is 2. The van der Waals surface area contributed by atoms with Gasteiger partial charge in [0.05, 0.1) is 0 Å². The third-order valence-corrected chi connectivity index (χ3v) is 6.55. The standard InChI is InChI=1S/C24H40N2O3/c1-25(22-8-4-3-5-9-22)17-23(27)19-29-24-10-6-7-21(15-24)16-26-13-11-20(12-14-26)18-28-2/h6-7,10,15,20,22-23,27H,3-5,8-9,11-14,16-19H2,1-2H3. The second kappa shape index (κ2) is 11.9. The molecule has 1 saturated heterocycles. The zero-order chi connectivity index (χ0) is 20.5. The van der Waals surface area contributed by atoms with E-state index in [1.807, 2.05) is 6.07 Å². The van der Waals surface area contributed by atoms with Gasteiger partial charge in [-0.25, -0.2) is 0 Å². The topological polar surface area (TPSA) is 45.2 Å². The van der Waals surface area contributed by atoms with Gasteiger partial charge < -0.3 is 19.5 Å². The van der Waals surface area contributed by atoms with Crippen LogP contribution in [0.1, 0.15) is 50.5 Å². The number of piperidine rings is 1. The van der Waals surface area contributed by atoms with Crippen LogP contribution in [-0.2, 0) is 11.3 Å². The number of aliphatic hydroxyl groups is 1. The summed E-state index contributed by atoms with van der Waals surface area (Å²) in [6.07, 6.45) is 8.48. The summed E-state index contributed by atoms with van der Waals surface area (Å²) in [7, 11) is 3.93. The van der Waals surface area contributed by atoms with E-state index in [4.69, 9.17) is 9.47 Å². The summed E-state index contributed by atoms with van der Waals surface area (Å²) in [6.45, 7) is 5.14. The fourth-order valence-corrected chi connectivity index (χ4v) is 4.79. The van der Waals surface area contributed by atoms with Crippen LogP contribution < -0.4 is 4.74 Å². The number of benzene rings is 1. The number of likely N-dealkylation sites (N-methyl/N-ethyl adjacent to an activating group) is 1. The van der Waals surface area contributed by atoms with Crippen molar-refractivity contribution >= 4 is 0 Å². The lowest BCUT2D eigenvalue weighted by Crippen LogP contribution is -2.40. The van der Waals surface area contributed by atoms with Crippen molar-refractivity contribution in [3.8, 4) is 5.75 Å². The van der Waals surface area contributed by atoms with Crippen LogP contribution in [-0.4, -0.2) is 74.1 Å². The summed E-state index contributed by atoms with van der Waals surface area (Å²) >= 11 is 0. The Hall–Kier alpha value is -1.14. The van der Waals surface area contributed by atoms with E-state index in [1.165, 1.54) is 50.5 Å². The number of aliphatic hydroxyl groups excluding tert-OH is 1. The SMILES string of the molecule is COCC1CCN(Cc2cccc(OCC(O)CN(C)C3CCCCC3)c2)CC1. The molecule has 1 heterocycles. The maximum Gasteiger partial charge on any atom is 0.119 e. The first-order valence-corrected chi connectivity index (χ1v) is 11.5. The van der Waals surface area contributed by atoms with Gasteiger partial charge in [0.15, 0.2) is 0 Å². The van der Waals surface area contributed by atoms with Gasteiger partial charge in [0.25, 0.3) is 0 Å². The van der Waals surface area contributed by atoms with E-state index < -0.39 is 6.10 Å². The van der Waals surface area contributed by atoms with Crippen LogP contribution >= 0.6 is 0 Å². The molecule has 0 aromatic heterocycles. The summed E-state index contributed by atoms with van der Waals surface area (Å²) in [4.78, 5) is 4.83. The lowest BCUT2D eigenvalue weighted by Gasteiger charge is -2.32. The number of methoxy groups -OCH3 is 1. The van der Waals surface area contributed by atoms with Crippen molar-refractivity contribution in [3.05, 3.63) is 29.8 Å². The highest BCUT2D eigenvalue weighted by atomic mass is 16.5. The van der Waals surface area contributed by atoms with Gasteiger partial charge >= 0.3 is 0 Å². The zero-order valence-corrected chi connectivity index (χ0v) is 18.4. The van der Waals surface area contributed by atoms with E-state index >= 15 is 0 Å². The smallest absolute Gasteiger partial charge is 0.119 e. The molecule has 1 aromatic carbocycles. The van der Waals surface area contributed by atoms with Crippen molar-refractivity contribution in [2.24, 2.45) is 5.92 Å². The zero-order valence-electron chi connectivity index (χ0n) is 18.4. The Morgan fingerprint density at radius 3 is 2.62 bits per heavy atom. The normalized spacial score (nSPS) is 20.8. The number of hydrogen-bond acceptors (Lipinski definition) is 5. The predicted octanol–water partition coefficient (Wildman–Crippen LogP) is 3.55. The maximum atomic E-state index is 10.4. The molecule has 0 radical (unpaired) electrons. The van der Waals surface area contributed by atoms with E-state index in [0.717, 1.165) is 32.0 Å². The average Bonchev–Trinajstić information content (AvgIpc) is 2.75. The van der Waals surface area contributed by atoms with Crippen LogP contribution in [0.4, 0.5) is 0 Å². The van der Waals surface area contributed by atoms with E-state index in [-0.39, 0.29) is 0 Å². The Kier molecular flexibility index (Phi) is 9.25. The molecule has 5 nitrogen and oxygen atoms in total. The third kappa shape index (κ3) is 7.56. The monoisotopic (exact) mass is 404 g/mol. The number of rotatable bonds is 10. The molecule has 1 aromatic rings. The minimum absolute atomic E-state index is 0.350. The van der Waals surface area contributed by atoms with E-state index in [9.17, 15) is 5.11 Å². The molecule has 1 atom stereocenters. The molecule has 1 aliphatic carbocycles. The Bertz CT molecular complexity index is 583. The number of hydrogen-bond donors (Lipinski definition) is 1. The van der Waals surface area contributed by atoms with Gasteiger partial charge in [0.2, 0.25) is 0 Å². The van der Waals surface area contributed by atoms with Gasteiger partial charge in [-0.3, -0.25) is 4.90 Å². The first-order chi connectivity index (χ1) is 14.1. The minimum atomic E-state index is -0.453. The summed E-state index contributed by atoms with van der Waals surface area (Å²) in [5.41, 5.74) is 1.28. The number of likely N-dealkylation sites (tertiary alicyclic amines) is 1. The highest BCUT2D eigenvalue weighted by Gasteiger charge is 2.21. The van der Waals surface area contributed by atoms with Gasteiger partial charge in [-0.1, -0.05) is 31.4 Å². The summed E-state index contributed by atoms with van der Waals surface area (Å²) < 4.78 is 11.2. The molecule has 29 heavy (non-hydrogen) atoms. The lowest BCUT2D eigenvalue weighted by atomic mass is 9.94. The molecule has 2 aliphatic rings. The largest absolute Gasteiger partial charge is 0.491 e. The van der Waals surface area contributed by atoms with E-state index in [2.05, 4.69) is 35.0 Å². The average molecular weight is 405 g/mol. The molecule has 5 heteroatoms. The van der Waals surface area contributed by atoms with Gasteiger partial charge in [-0.15, -0.1) is 0 Å². The van der Waals surface area contributed by atoms with E-state index in [1.54, 1.807) is 7.11 Å². The van der Waals surface area contributed by atoms with Crippen LogP contribution in [0.25, 0.3) is 0 Å². The Balaban J connectivity index is 1.40. The first-order valence-electron chi connectivity index (χ1n) is 11.5. The van der Waals surface area contributed by atoms with Crippen molar-refractivity contribution in [2.75, 3.05) is 47.0 Å². The van der Waals surface area contributed by atoms with Gasteiger partial charge in [0, 0.05) is 32.8 Å². The van der Waals surface area contributed by atoms with Crippen molar-refractivity contribution < 1.29 is 14.6 Å². The molecule has 1 N–H and O–H groups in total. The Morgan fingerprint density at radius 2 is 1.90 bits per heavy atom. The van der Waals surface area contributed by atoms with Crippen molar-refractivity contribution in [1.29, 1.82) is 0 Å². The van der Waals surface area contributed by atoms with E-state index in [0.29, 0.717) is 25.1 Å². The van der Waals surface area contributed by atoms with Crippen molar-refractivity contribution in [1.82, 2.24) is 9.80 Å². The molecule has 3 rings (SSSR count). The molecular weight excluding hydrogens is 364 g/mol. The van der Waals surface area contributed by atoms with Gasteiger partial charge in [-0.2, -0.15) is 0 Å². The molecule has 2 fully saturated rings. The molecule has 1 saturated carbocycles. The van der Waals surface area contributed by atoms with Crippen molar-refractivity contribution in [2.45, 2.75) is 63.6 Å². The first kappa shape index (κ1) is 22.5. The molecular formula is C24H40N2O3. The van der Waals surface area contributed by atoms with Crippen LogP contribution in [0.15, 0.2) is 24.3 Å². The third-order valence-electron chi connectivity index (χ3n) is 6.55. The summed E-state index contributed by atoms with van der Waals surface area (Å²) in [5.74, 6) is 1.57. The fourth-order valence-electron chi connectivity index (χ4n) is 4.79. The number of nitrogens with zero attached hydrogens (tertiary/aromatic N) is 2. The molecule has 164 valence electrons. The molecule has 0 spiro atoms. The van der Waals surface area contributed by atoms with Crippen LogP contribution in [0, 0.1) is 5.92 Å². The summed E-state index contributed by atoms with van der Waals surface area (Å²) in [6, 6.07) is 8.96. The summed E-state index contributed by atoms with van der Waals surface area (Å²) in [5, 5.41) is 10.4. The minimum Gasteiger partial charge on any atom is -0.491 e. The predicted molar refractivity (Wildman–Crippen MR) is 117 cm³/mol. The molecule has 1 aliphatic heterocycles. The maximum absolute atomic E-state index is 10.4.